The number of nitrogens with zero attached hydrogens (tertiary/aromatic N) is 5. The highest BCUT2D eigenvalue weighted by molar-refractivity contribution is 7.89. The molecule has 304 valence electrons. The van der Waals surface area contributed by atoms with Crippen molar-refractivity contribution in [2.45, 2.75) is 82.4 Å². The smallest absolute Gasteiger partial charge is 0.265 e. The number of imide groups is 2. The molecule has 17 heteroatoms. The molecule has 1 unspecified atom stereocenters. The minimum Gasteiger partial charge on any atom is -0.371 e. The fraction of sp³-hybridized carbons (Fsp3) is 0.366. The summed E-state index contributed by atoms with van der Waals surface area (Å²) < 4.78 is 44.3. The Balaban J connectivity index is 0.936. The lowest BCUT2D eigenvalue weighted by Crippen LogP contribution is -2.54. The first-order valence-corrected chi connectivity index (χ1v) is 20.6. The molecule has 0 spiro atoms. The van der Waals surface area contributed by atoms with E-state index in [0.717, 1.165) is 47.8 Å². The van der Waals surface area contributed by atoms with Gasteiger partial charge < -0.3 is 15.5 Å². The van der Waals surface area contributed by atoms with Crippen LogP contribution in [-0.2, 0) is 26.2 Å². The van der Waals surface area contributed by atoms with E-state index in [-0.39, 0.29) is 47.0 Å². The van der Waals surface area contributed by atoms with Gasteiger partial charge in [0.05, 0.1) is 16.0 Å². The largest absolute Gasteiger partial charge is 0.371 e. The number of piperidine rings is 2. The van der Waals surface area contributed by atoms with Gasteiger partial charge in [0.1, 0.15) is 17.7 Å². The van der Waals surface area contributed by atoms with E-state index in [0.29, 0.717) is 17.5 Å². The number of amides is 4. The van der Waals surface area contributed by atoms with Crippen molar-refractivity contribution in [3.63, 3.8) is 0 Å². The number of rotatable bonds is 11. The first-order chi connectivity index (χ1) is 27.5. The maximum atomic E-state index is 15.9. The number of benzene rings is 3. The number of carbonyl (C=O) groups is 4. The number of carbonyl (C=O) groups excluding carboxylic acids is 4. The zero-order valence-corrected chi connectivity index (χ0v) is 33.7. The Labute approximate surface area is 336 Å². The van der Waals surface area contributed by atoms with E-state index >= 15 is 4.39 Å². The number of aryl methyl sites for hydroxylation is 1. The Morgan fingerprint density at radius 3 is 2.34 bits per heavy atom. The molecule has 4 heterocycles. The van der Waals surface area contributed by atoms with E-state index < -0.39 is 51.0 Å². The van der Waals surface area contributed by atoms with Crippen LogP contribution in [0.2, 0.25) is 0 Å². The van der Waals surface area contributed by atoms with Crippen molar-refractivity contribution in [1.29, 1.82) is 0 Å². The molecule has 1 aromatic heterocycles. The van der Waals surface area contributed by atoms with Crippen LogP contribution in [0, 0.1) is 12.7 Å². The molecule has 0 bridgehead atoms. The van der Waals surface area contributed by atoms with E-state index in [1.54, 1.807) is 51.2 Å². The molecule has 1 atom stereocenters. The van der Waals surface area contributed by atoms with Crippen molar-refractivity contribution >= 4 is 62.5 Å². The van der Waals surface area contributed by atoms with Gasteiger partial charge in [0.15, 0.2) is 0 Å². The van der Waals surface area contributed by atoms with Crippen LogP contribution in [0.1, 0.15) is 78.3 Å². The van der Waals surface area contributed by atoms with E-state index in [1.807, 2.05) is 38.2 Å². The lowest BCUT2D eigenvalue weighted by molar-refractivity contribution is -0.136. The quantitative estimate of drug-likeness (QED) is 0.149. The molecule has 3 aliphatic heterocycles. The van der Waals surface area contributed by atoms with Crippen LogP contribution in [0.5, 0.6) is 0 Å². The van der Waals surface area contributed by atoms with Gasteiger partial charge in [-0.15, -0.1) is 0 Å². The van der Waals surface area contributed by atoms with Gasteiger partial charge in [0.2, 0.25) is 27.8 Å². The van der Waals surface area contributed by atoms with E-state index in [1.165, 1.54) is 12.1 Å². The third-order valence-corrected chi connectivity index (χ3v) is 12.2. The molecule has 4 aromatic rings. The summed E-state index contributed by atoms with van der Waals surface area (Å²) in [5, 5.41) is 8.62. The van der Waals surface area contributed by atoms with Crippen LogP contribution in [0.4, 0.5) is 33.2 Å². The Morgan fingerprint density at radius 2 is 1.66 bits per heavy atom. The second-order valence-corrected chi connectivity index (χ2v) is 17.6. The zero-order valence-electron chi connectivity index (χ0n) is 32.9. The molecule has 58 heavy (non-hydrogen) atoms. The molecule has 4 amide bonds. The summed E-state index contributed by atoms with van der Waals surface area (Å²) in [6, 6.07) is 16.4. The minimum absolute atomic E-state index is 0.00105. The molecule has 15 nitrogen and oxygen atoms in total. The number of fused-ring (bicyclic) bond motifs is 1. The highest BCUT2D eigenvalue weighted by atomic mass is 32.2. The van der Waals surface area contributed by atoms with Crippen LogP contribution in [0.15, 0.2) is 71.8 Å². The van der Waals surface area contributed by atoms with Crippen molar-refractivity contribution in [3.05, 3.63) is 94.9 Å². The Hall–Kier alpha value is -5.78. The monoisotopic (exact) mass is 811 g/mol. The SMILES string of the molecule is Cc1cnc(Nc2ccc(N3CCC(N(C)Cc4ccc5c(c4F)C(=O)N(C4CCC(=O)NC4=O)C5=O)CC3)cc2)nc1Nc1cccc(S(=O)(=O)NC(C)(C)C)c1. The lowest BCUT2D eigenvalue weighted by Gasteiger charge is -2.38. The molecular formula is C41H46FN9O6S. The van der Waals surface area contributed by atoms with Crippen LogP contribution in [0.25, 0.3) is 0 Å². The molecule has 3 aliphatic rings. The predicted octanol–water partition coefficient (Wildman–Crippen LogP) is 4.99. The predicted molar refractivity (Wildman–Crippen MR) is 216 cm³/mol. The Morgan fingerprint density at radius 1 is 0.931 bits per heavy atom. The summed E-state index contributed by atoms with van der Waals surface area (Å²) in [5.41, 5.74) is 2.42. The maximum Gasteiger partial charge on any atom is 0.265 e. The number of nitrogens with one attached hydrogen (secondary N) is 4. The summed E-state index contributed by atoms with van der Waals surface area (Å²) >= 11 is 0. The van der Waals surface area contributed by atoms with Gasteiger partial charge in [0.25, 0.3) is 11.8 Å². The summed E-state index contributed by atoms with van der Waals surface area (Å²) in [7, 11) is -1.81. The van der Waals surface area contributed by atoms with E-state index in [9.17, 15) is 27.6 Å². The van der Waals surface area contributed by atoms with Gasteiger partial charge in [-0.3, -0.25) is 34.3 Å². The zero-order chi connectivity index (χ0) is 41.5. The Bertz CT molecular complexity index is 2400. The fourth-order valence-electron chi connectivity index (χ4n) is 7.50. The lowest BCUT2D eigenvalue weighted by atomic mass is 10.0. The molecule has 7 rings (SSSR count). The number of sulfonamides is 1. The molecule has 2 fully saturated rings. The summed E-state index contributed by atoms with van der Waals surface area (Å²) in [6.45, 7) is 8.99. The van der Waals surface area contributed by atoms with Crippen molar-refractivity contribution in [2.75, 3.05) is 35.7 Å². The van der Waals surface area contributed by atoms with Crippen LogP contribution in [-0.4, -0.2) is 89.6 Å². The normalized spacial score (nSPS) is 17.8. The minimum atomic E-state index is -3.72. The molecule has 0 aliphatic carbocycles. The van der Waals surface area contributed by atoms with Gasteiger partial charge in [-0.2, -0.15) is 4.98 Å². The number of halogens is 1. The number of hydrogen-bond donors (Lipinski definition) is 4. The van der Waals surface area contributed by atoms with Gasteiger partial charge in [0, 0.05) is 72.0 Å². The van der Waals surface area contributed by atoms with E-state index in [4.69, 9.17) is 0 Å². The molecule has 0 radical (unpaired) electrons. The molecule has 3 aromatic carbocycles. The first-order valence-electron chi connectivity index (χ1n) is 19.1. The summed E-state index contributed by atoms with van der Waals surface area (Å²) in [6.07, 6.45) is 3.31. The molecular weight excluding hydrogens is 766 g/mol. The fourth-order valence-corrected chi connectivity index (χ4v) is 8.96. The van der Waals surface area contributed by atoms with Gasteiger partial charge in [-0.05, 0) is 103 Å². The number of anilines is 5. The van der Waals surface area contributed by atoms with Gasteiger partial charge in [-0.1, -0.05) is 12.1 Å². The standard InChI is InChI=1S/C41H46FN9O6S/c1-24-22-43-40(47-36(24)44-27-7-6-8-30(21-27)58(56,57)48-41(2,3)4)45-26-10-12-29(13-11-26)50-19-17-28(18-20-50)49(5)23-25-9-14-31-34(35(25)42)39(55)51(38(31)54)32-15-16-33(52)46-37(32)53/h6-14,21-22,28,32,48H,15-20,23H2,1-5H3,(H,46,52,53)(H2,43,44,45,47). The van der Waals surface area contributed by atoms with Crippen LogP contribution < -0.4 is 25.6 Å². The molecule has 2 saturated heterocycles. The third kappa shape index (κ3) is 8.56. The highest BCUT2D eigenvalue weighted by Gasteiger charge is 2.46. The average molecular weight is 812 g/mol. The molecule has 0 saturated carbocycles. The summed E-state index contributed by atoms with van der Waals surface area (Å²) in [5.74, 6) is -2.68. The van der Waals surface area contributed by atoms with Crippen molar-refractivity contribution in [3.8, 4) is 0 Å². The van der Waals surface area contributed by atoms with Gasteiger partial charge in [-0.25, -0.2) is 22.5 Å². The topological polar surface area (TPSA) is 186 Å². The van der Waals surface area contributed by atoms with Gasteiger partial charge >= 0.3 is 0 Å². The first kappa shape index (κ1) is 40.4. The second-order valence-electron chi connectivity index (χ2n) is 15.9. The van der Waals surface area contributed by atoms with Crippen molar-refractivity contribution in [2.24, 2.45) is 0 Å². The van der Waals surface area contributed by atoms with Crippen LogP contribution in [0.3, 0.4) is 0 Å². The Kier molecular flexibility index (Phi) is 11.1. The van der Waals surface area contributed by atoms with Crippen LogP contribution >= 0.6 is 0 Å². The highest BCUT2D eigenvalue weighted by Crippen LogP contribution is 2.32. The molecule has 4 N–H and O–H groups in total. The number of aromatic nitrogens is 2. The van der Waals surface area contributed by atoms with E-state index in [2.05, 4.69) is 40.4 Å². The number of hydrogen-bond acceptors (Lipinski definition) is 12. The van der Waals surface area contributed by atoms with Crippen molar-refractivity contribution in [1.82, 2.24) is 29.8 Å². The van der Waals surface area contributed by atoms with Crippen molar-refractivity contribution < 1.29 is 32.0 Å². The average Bonchev–Trinajstić information content (AvgIpc) is 3.42. The maximum absolute atomic E-state index is 15.9. The second kappa shape index (κ2) is 15.9. The summed E-state index contributed by atoms with van der Waals surface area (Å²) in [4.78, 5) is 64.7. The third-order valence-electron chi connectivity index (χ3n) is 10.4.